The number of hydrogen-bond donors (Lipinski definition) is 1. The van der Waals surface area contributed by atoms with Crippen molar-refractivity contribution in [2.75, 3.05) is 18.5 Å². The predicted molar refractivity (Wildman–Crippen MR) is 87.9 cm³/mol. The van der Waals surface area contributed by atoms with Crippen LogP contribution in [0, 0.1) is 0 Å². The fourth-order valence-corrected chi connectivity index (χ4v) is 3.17. The molecule has 19 heavy (non-hydrogen) atoms. The van der Waals surface area contributed by atoms with Gasteiger partial charge < -0.3 is 10.2 Å². The van der Waals surface area contributed by atoms with Crippen molar-refractivity contribution in [1.29, 1.82) is 0 Å². The van der Waals surface area contributed by atoms with Crippen molar-refractivity contribution in [3.63, 3.8) is 0 Å². The van der Waals surface area contributed by atoms with Crippen LogP contribution in [0.4, 0.5) is 5.69 Å². The first-order chi connectivity index (χ1) is 9.20. The van der Waals surface area contributed by atoms with Crippen LogP contribution < -0.4 is 10.2 Å². The summed E-state index contributed by atoms with van der Waals surface area (Å²) in [5, 5.41) is 5.47. The van der Waals surface area contributed by atoms with Crippen molar-refractivity contribution in [2.24, 2.45) is 0 Å². The van der Waals surface area contributed by atoms with Crippen molar-refractivity contribution in [3.8, 4) is 0 Å². The van der Waals surface area contributed by atoms with Gasteiger partial charge in [-0.1, -0.05) is 35.0 Å². The summed E-state index contributed by atoms with van der Waals surface area (Å²) in [6, 6.07) is 10.8. The summed E-state index contributed by atoms with van der Waals surface area (Å²) in [7, 11) is 2.13. The van der Waals surface area contributed by atoms with Gasteiger partial charge in [-0.25, -0.2) is 0 Å². The fourth-order valence-electron chi connectivity index (χ4n) is 1.90. The minimum Gasteiger partial charge on any atom is -0.369 e. The molecule has 102 valence electrons. The maximum atomic E-state index is 3.66. The first kappa shape index (κ1) is 14.6. The Hall–Kier alpha value is -0.840. The molecule has 2 rings (SSSR count). The number of hydrogen-bond acceptors (Lipinski definition) is 3. The van der Waals surface area contributed by atoms with Crippen molar-refractivity contribution < 1.29 is 0 Å². The standard InChI is InChI=1S/C15H19BrN2S/c1-3-17-10-12-6-7-13(9-15(12)16)18(2)11-14-5-4-8-19-14/h4-9,17H,3,10-11H2,1-2H3. The molecule has 2 nitrogen and oxygen atoms in total. The van der Waals surface area contributed by atoms with Crippen molar-refractivity contribution in [1.82, 2.24) is 5.32 Å². The van der Waals surface area contributed by atoms with E-state index in [4.69, 9.17) is 0 Å². The zero-order valence-corrected chi connectivity index (χ0v) is 13.7. The van der Waals surface area contributed by atoms with E-state index >= 15 is 0 Å². The molecular formula is C15H19BrN2S. The molecule has 0 bridgehead atoms. The van der Waals surface area contributed by atoms with Gasteiger partial charge in [-0.05, 0) is 35.7 Å². The predicted octanol–water partition coefficient (Wildman–Crippen LogP) is 4.26. The molecule has 0 saturated heterocycles. The lowest BCUT2D eigenvalue weighted by atomic mass is 10.2. The van der Waals surface area contributed by atoms with Gasteiger partial charge >= 0.3 is 0 Å². The van der Waals surface area contributed by atoms with E-state index in [0.29, 0.717) is 0 Å². The second kappa shape index (κ2) is 7.08. The Kier molecular flexibility index (Phi) is 5.43. The molecule has 1 aromatic carbocycles. The van der Waals surface area contributed by atoms with Gasteiger partial charge in [0.15, 0.2) is 0 Å². The minimum atomic E-state index is 0.909. The van der Waals surface area contributed by atoms with Crippen LogP contribution >= 0.6 is 27.3 Å². The highest BCUT2D eigenvalue weighted by Gasteiger charge is 2.06. The molecule has 0 unspecified atom stereocenters. The maximum Gasteiger partial charge on any atom is 0.0519 e. The fraction of sp³-hybridized carbons (Fsp3) is 0.333. The highest BCUT2D eigenvalue weighted by atomic mass is 79.9. The number of anilines is 1. The number of benzene rings is 1. The number of halogens is 1. The topological polar surface area (TPSA) is 15.3 Å². The van der Waals surface area contributed by atoms with E-state index in [2.05, 4.69) is 75.8 Å². The van der Waals surface area contributed by atoms with Gasteiger partial charge in [-0.2, -0.15) is 0 Å². The zero-order valence-electron chi connectivity index (χ0n) is 11.3. The van der Waals surface area contributed by atoms with Gasteiger partial charge in [-0.3, -0.25) is 0 Å². The zero-order chi connectivity index (χ0) is 13.7. The molecule has 2 aromatic rings. The highest BCUT2D eigenvalue weighted by molar-refractivity contribution is 9.10. The Morgan fingerprint density at radius 1 is 1.32 bits per heavy atom. The minimum absolute atomic E-state index is 0.909. The molecule has 0 radical (unpaired) electrons. The van der Waals surface area contributed by atoms with Crippen LogP contribution in [0.2, 0.25) is 0 Å². The van der Waals surface area contributed by atoms with Crippen molar-refractivity contribution in [3.05, 3.63) is 50.6 Å². The second-order valence-corrected chi connectivity index (χ2v) is 6.38. The molecule has 0 aliphatic carbocycles. The maximum absolute atomic E-state index is 3.66. The number of rotatable bonds is 6. The van der Waals surface area contributed by atoms with Gasteiger partial charge in [0.25, 0.3) is 0 Å². The third-order valence-corrected chi connectivity index (χ3v) is 4.62. The Morgan fingerprint density at radius 3 is 2.79 bits per heavy atom. The summed E-state index contributed by atoms with van der Waals surface area (Å²) in [4.78, 5) is 3.66. The summed E-state index contributed by atoms with van der Waals surface area (Å²) >= 11 is 5.46. The summed E-state index contributed by atoms with van der Waals surface area (Å²) in [5.41, 5.74) is 2.54. The lowest BCUT2D eigenvalue weighted by Crippen LogP contribution is -2.16. The van der Waals surface area contributed by atoms with Gasteiger partial charge in [0.2, 0.25) is 0 Å². The summed E-state index contributed by atoms with van der Waals surface area (Å²) in [6.07, 6.45) is 0. The summed E-state index contributed by atoms with van der Waals surface area (Å²) < 4.78 is 1.17. The van der Waals surface area contributed by atoms with Crippen LogP contribution in [0.3, 0.4) is 0 Å². The Balaban J connectivity index is 2.06. The van der Waals surface area contributed by atoms with Gasteiger partial charge in [-0.15, -0.1) is 11.3 Å². The Morgan fingerprint density at radius 2 is 2.16 bits per heavy atom. The summed E-state index contributed by atoms with van der Waals surface area (Å²) in [6.45, 7) is 4.98. The molecule has 1 N–H and O–H groups in total. The molecule has 1 heterocycles. The van der Waals surface area contributed by atoms with Crippen LogP contribution in [-0.4, -0.2) is 13.6 Å². The van der Waals surface area contributed by atoms with Crippen LogP contribution in [0.25, 0.3) is 0 Å². The average Bonchev–Trinajstić information content (AvgIpc) is 2.90. The van der Waals surface area contributed by atoms with Crippen LogP contribution in [0.1, 0.15) is 17.4 Å². The monoisotopic (exact) mass is 338 g/mol. The Bertz CT molecular complexity index is 511. The molecular weight excluding hydrogens is 320 g/mol. The second-order valence-electron chi connectivity index (χ2n) is 4.49. The normalized spacial score (nSPS) is 10.7. The van der Waals surface area contributed by atoms with Gasteiger partial charge in [0.1, 0.15) is 0 Å². The quantitative estimate of drug-likeness (QED) is 0.846. The lowest BCUT2D eigenvalue weighted by molar-refractivity contribution is 0.724. The highest BCUT2D eigenvalue weighted by Crippen LogP contribution is 2.25. The SMILES string of the molecule is CCNCc1ccc(N(C)Cc2cccs2)cc1Br. The molecule has 0 spiro atoms. The van der Waals surface area contributed by atoms with E-state index in [0.717, 1.165) is 19.6 Å². The van der Waals surface area contributed by atoms with Crippen molar-refractivity contribution >= 4 is 33.0 Å². The molecule has 0 saturated carbocycles. The van der Waals surface area contributed by atoms with Crippen LogP contribution in [-0.2, 0) is 13.1 Å². The van der Waals surface area contributed by atoms with E-state index in [9.17, 15) is 0 Å². The molecule has 0 atom stereocenters. The average molecular weight is 339 g/mol. The number of thiophene rings is 1. The molecule has 0 aliphatic rings. The Labute approximate surface area is 127 Å². The smallest absolute Gasteiger partial charge is 0.0519 e. The van der Waals surface area contributed by atoms with Gasteiger partial charge in [0, 0.05) is 28.6 Å². The van der Waals surface area contributed by atoms with E-state index < -0.39 is 0 Å². The molecule has 4 heteroatoms. The third-order valence-electron chi connectivity index (χ3n) is 3.02. The summed E-state index contributed by atoms with van der Waals surface area (Å²) in [5.74, 6) is 0. The first-order valence-electron chi connectivity index (χ1n) is 6.43. The lowest BCUT2D eigenvalue weighted by Gasteiger charge is -2.19. The molecule has 0 fully saturated rings. The molecule has 0 aliphatic heterocycles. The third kappa shape index (κ3) is 4.06. The first-order valence-corrected chi connectivity index (χ1v) is 8.10. The number of nitrogens with zero attached hydrogens (tertiary/aromatic N) is 1. The van der Waals surface area contributed by atoms with Crippen LogP contribution in [0.15, 0.2) is 40.2 Å². The van der Waals surface area contributed by atoms with E-state index in [-0.39, 0.29) is 0 Å². The number of nitrogens with one attached hydrogen (secondary N) is 1. The largest absolute Gasteiger partial charge is 0.369 e. The van der Waals surface area contributed by atoms with Crippen molar-refractivity contribution in [2.45, 2.75) is 20.0 Å². The van der Waals surface area contributed by atoms with Crippen LogP contribution in [0.5, 0.6) is 0 Å². The van der Waals surface area contributed by atoms with E-state index in [1.165, 1.54) is 20.6 Å². The molecule has 0 amide bonds. The van der Waals surface area contributed by atoms with E-state index in [1.807, 2.05) is 0 Å². The van der Waals surface area contributed by atoms with E-state index in [1.54, 1.807) is 11.3 Å². The molecule has 1 aromatic heterocycles. The van der Waals surface area contributed by atoms with Gasteiger partial charge in [0.05, 0.1) is 6.54 Å².